The summed E-state index contributed by atoms with van der Waals surface area (Å²) in [7, 11) is 4.19. The summed E-state index contributed by atoms with van der Waals surface area (Å²) in [6.07, 6.45) is 0. The van der Waals surface area contributed by atoms with E-state index in [2.05, 4.69) is 86.2 Å². The molecule has 120 valence electrons. The first-order valence-corrected chi connectivity index (χ1v) is 7.72. The van der Waals surface area contributed by atoms with Gasteiger partial charge in [-0.15, -0.1) is 5.10 Å². The van der Waals surface area contributed by atoms with Crippen LogP contribution in [0.2, 0.25) is 0 Å². The fourth-order valence-electron chi connectivity index (χ4n) is 2.28. The molecule has 0 saturated heterocycles. The van der Waals surface area contributed by atoms with Crippen molar-refractivity contribution in [3.63, 3.8) is 0 Å². The van der Waals surface area contributed by atoms with Crippen molar-refractivity contribution in [2.24, 2.45) is 0 Å². The molecule has 1 N–H and O–H groups in total. The third-order valence-corrected chi connectivity index (χ3v) is 3.30. The molecule has 0 aromatic carbocycles. The predicted molar refractivity (Wildman–Crippen MR) is 89.7 cm³/mol. The largest absolute Gasteiger partial charge is 0.351 e. The van der Waals surface area contributed by atoms with E-state index in [0.717, 1.165) is 31.1 Å². The third kappa shape index (κ3) is 6.40. The van der Waals surface area contributed by atoms with Crippen molar-refractivity contribution in [2.45, 2.75) is 52.7 Å². The van der Waals surface area contributed by atoms with Crippen LogP contribution in [0, 0.1) is 0 Å². The van der Waals surface area contributed by atoms with E-state index in [1.165, 1.54) is 0 Å². The molecule has 0 fully saturated rings. The molecular formula is C16H31N5. The van der Waals surface area contributed by atoms with Crippen LogP contribution in [0.25, 0.3) is 0 Å². The van der Waals surface area contributed by atoms with Gasteiger partial charge in [0, 0.05) is 31.2 Å². The summed E-state index contributed by atoms with van der Waals surface area (Å²) >= 11 is 0. The Hall–Kier alpha value is -1.20. The maximum atomic E-state index is 4.40. The Balaban J connectivity index is 2.70. The van der Waals surface area contributed by atoms with E-state index in [0.29, 0.717) is 6.04 Å². The minimum absolute atomic E-state index is 0.0933. The van der Waals surface area contributed by atoms with Gasteiger partial charge in [-0.2, -0.15) is 5.10 Å². The molecule has 1 aromatic heterocycles. The van der Waals surface area contributed by atoms with Crippen molar-refractivity contribution in [3.05, 3.63) is 17.8 Å². The molecule has 0 aliphatic rings. The highest BCUT2D eigenvalue weighted by atomic mass is 15.3. The highest BCUT2D eigenvalue weighted by molar-refractivity contribution is 5.38. The summed E-state index contributed by atoms with van der Waals surface area (Å²) in [6.45, 7) is 13.5. The second-order valence-electron chi connectivity index (χ2n) is 6.88. The molecule has 5 nitrogen and oxygen atoms in total. The molecule has 0 radical (unpaired) electrons. The highest BCUT2D eigenvalue weighted by Crippen LogP contribution is 2.14. The molecule has 0 aliphatic heterocycles. The fraction of sp³-hybridized carbons (Fsp3) is 0.750. The predicted octanol–water partition coefficient (Wildman–Crippen LogP) is 2.14. The van der Waals surface area contributed by atoms with E-state index in [-0.39, 0.29) is 5.54 Å². The zero-order valence-electron chi connectivity index (χ0n) is 14.6. The van der Waals surface area contributed by atoms with Crippen molar-refractivity contribution in [1.82, 2.24) is 20.4 Å². The molecule has 0 amide bonds. The van der Waals surface area contributed by atoms with Crippen LogP contribution in [0.5, 0.6) is 0 Å². The van der Waals surface area contributed by atoms with Gasteiger partial charge in [-0.25, -0.2) is 0 Å². The maximum Gasteiger partial charge on any atom is 0.151 e. The molecule has 0 spiro atoms. The van der Waals surface area contributed by atoms with E-state index in [1.54, 1.807) is 0 Å². The van der Waals surface area contributed by atoms with Crippen molar-refractivity contribution < 1.29 is 0 Å². The molecule has 1 unspecified atom stereocenters. The van der Waals surface area contributed by atoms with Crippen LogP contribution < -0.4 is 10.2 Å². The zero-order chi connectivity index (χ0) is 16.0. The molecule has 21 heavy (non-hydrogen) atoms. The number of rotatable bonds is 7. The summed E-state index contributed by atoms with van der Waals surface area (Å²) < 4.78 is 0. The summed E-state index contributed by atoms with van der Waals surface area (Å²) in [5, 5.41) is 12.2. The van der Waals surface area contributed by atoms with Crippen LogP contribution in [0.3, 0.4) is 0 Å². The number of anilines is 1. The van der Waals surface area contributed by atoms with Crippen LogP contribution in [0.1, 0.15) is 40.3 Å². The lowest BCUT2D eigenvalue weighted by molar-refractivity contribution is 0.371. The first kappa shape index (κ1) is 17.9. The Morgan fingerprint density at radius 1 is 1.19 bits per heavy atom. The average molecular weight is 293 g/mol. The van der Waals surface area contributed by atoms with Gasteiger partial charge in [0.2, 0.25) is 0 Å². The molecular weight excluding hydrogens is 262 g/mol. The van der Waals surface area contributed by atoms with E-state index < -0.39 is 0 Å². The first-order valence-electron chi connectivity index (χ1n) is 7.72. The van der Waals surface area contributed by atoms with Gasteiger partial charge in [0.15, 0.2) is 5.82 Å². The monoisotopic (exact) mass is 293 g/mol. The summed E-state index contributed by atoms with van der Waals surface area (Å²) in [5.74, 6) is 0.950. The number of nitrogens with zero attached hydrogens (tertiary/aromatic N) is 4. The molecule has 1 rings (SSSR count). The lowest BCUT2D eigenvalue weighted by Gasteiger charge is -2.30. The number of nitrogens with one attached hydrogen (secondary N) is 1. The Kier molecular flexibility index (Phi) is 6.55. The molecule has 0 saturated carbocycles. The Bertz CT molecular complexity index is 408. The number of likely N-dealkylation sites (N-methyl/N-ethyl adjacent to an activating group) is 2. The summed E-state index contributed by atoms with van der Waals surface area (Å²) in [5.41, 5.74) is 1.07. The zero-order valence-corrected chi connectivity index (χ0v) is 14.6. The quantitative estimate of drug-likeness (QED) is 0.834. The lowest BCUT2D eigenvalue weighted by Crippen LogP contribution is -2.40. The average Bonchev–Trinajstić information content (AvgIpc) is 2.37. The molecule has 1 heterocycles. The molecule has 1 atom stereocenters. The van der Waals surface area contributed by atoms with Crippen molar-refractivity contribution in [1.29, 1.82) is 0 Å². The topological polar surface area (TPSA) is 44.3 Å². The Labute approximate surface area is 129 Å². The highest BCUT2D eigenvalue weighted by Gasteiger charge is 2.15. The number of aromatic nitrogens is 2. The van der Waals surface area contributed by atoms with E-state index in [4.69, 9.17) is 0 Å². The normalized spacial score (nSPS) is 13.5. The second-order valence-corrected chi connectivity index (χ2v) is 6.88. The van der Waals surface area contributed by atoms with Crippen LogP contribution in [-0.2, 0) is 6.54 Å². The van der Waals surface area contributed by atoms with Gasteiger partial charge >= 0.3 is 0 Å². The summed E-state index contributed by atoms with van der Waals surface area (Å²) in [6, 6.07) is 4.55. The van der Waals surface area contributed by atoms with Gasteiger partial charge in [-0.05, 0) is 60.8 Å². The van der Waals surface area contributed by atoms with Gasteiger partial charge in [0.25, 0.3) is 0 Å². The third-order valence-electron chi connectivity index (χ3n) is 3.30. The van der Waals surface area contributed by atoms with Crippen LogP contribution >= 0.6 is 0 Å². The second kappa shape index (κ2) is 7.71. The lowest BCUT2D eigenvalue weighted by atomic mass is 10.1. The van der Waals surface area contributed by atoms with Gasteiger partial charge in [0.1, 0.15) is 0 Å². The van der Waals surface area contributed by atoms with Gasteiger partial charge in [0.05, 0.1) is 5.69 Å². The first-order chi connectivity index (χ1) is 9.73. The van der Waals surface area contributed by atoms with E-state index in [9.17, 15) is 0 Å². The standard InChI is InChI=1S/C16H31N5/c1-8-21(13(2)12-20(6)7)15-10-9-14(18-19-15)11-17-16(3,4)5/h9-10,13,17H,8,11-12H2,1-7H3. The smallest absolute Gasteiger partial charge is 0.151 e. The van der Waals surface area contributed by atoms with E-state index >= 15 is 0 Å². The number of hydrogen-bond acceptors (Lipinski definition) is 5. The van der Waals surface area contributed by atoms with Crippen molar-refractivity contribution in [3.8, 4) is 0 Å². The maximum absolute atomic E-state index is 4.40. The van der Waals surface area contributed by atoms with Crippen LogP contribution in [0.15, 0.2) is 12.1 Å². The minimum Gasteiger partial charge on any atom is -0.351 e. The van der Waals surface area contributed by atoms with Crippen molar-refractivity contribution >= 4 is 5.82 Å². The van der Waals surface area contributed by atoms with Gasteiger partial charge in [-0.3, -0.25) is 0 Å². The molecule has 0 aliphatic carbocycles. The van der Waals surface area contributed by atoms with Crippen molar-refractivity contribution in [2.75, 3.05) is 32.1 Å². The van der Waals surface area contributed by atoms with Gasteiger partial charge < -0.3 is 15.1 Å². The molecule has 0 bridgehead atoms. The summed E-state index contributed by atoms with van der Waals surface area (Å²) in [4.78, 5) is 4.48. The fourth-order valence-corrected chi connectivity index (χ4v) is 2.28. The number of hydrogen-bond donors (Lipinski definition) is 1. The SMILES string of the molecule is CCN(c1ccc(CNC(C)(C)C)nn1)C(C)CN(C)C. The Morgan fingerprint density at radius 3 is 2.29 bits per heavy atom. The van der Waals surface area contributed by atoms with Crippen LogP contribution in [0.4, 0.5) is 5.82 Å². The molecule has 5 heteroatoms. The Morgan fingerprint density at radius 2 is 1.86 bits per heavy atom. The minimum atomic E-state index is 0.0933. The van der Waals surface area contributed by atoms with Crippen LogP contribution in [-0.4, -0.2) is 53.9 Å². The van der Waals surface area contributed by atoms with Gasteiger partial charge in [-0.1, -0.05) is 0 Å². The van der Waals surface area contributed by atoms with E-state index in [1.807, 2.05) is 0 Å². The molecule has 1 aromatic rings.